The molecule has 0 fully saturated rings. The van der Waals surface area contributed by atoms with Crippen molar-refractivity contribution in [2.75, 3.05) is 13.2 Å². The maximum absolute atomic E-state index is 12.8. The minimum atomic E-state index is -0.260. The summed E-state index contributed by atoms with van der Waals surface area (Å²) in [5.41, 5.74) is 1.21. The molecule has 5 heteroatoms. The van der Waals surface area contributed by atoms with E-state index in [1.54, 1.807) is 6.08 Å². The third-order valence-corrected chi connectivity index (χ3v) is 4.60. The lowest BCUT2D eigenvalue weighted by Gasteiger charge is -2.12. The van der Waals surface area contributed by atoms with Crippen LogP contribution >= 0.6 is 11.8 Å². The Morgan fingerprint density at radius 1 is 1.12 bits per heavy atom. The molecule has 0 bridgehead atoms. The second kappa shape index (κ2) is 8.39. The molecule has 0 aliphatic carbocycles. The van der Waals surface area contributed by atoms with Gasteiger partial charge >= 0.3 is 0 Å². The summed E-state index contributed by atoms with van der Waals surface area (Å²) >= 11 is 1.43. The Morgan fingerprint density at radius 2 is 1.76 bits per heavy atom. The molecule has 0 aromatic heterocycles. The summed E-state index contributed by atoms with van der Waals surface area (Å²) in [6.45, 7) is 12.7. The lowest BCUT2D eigenvalue weighted by molar-refractivity contribution is -0.135. The van der Waals surface area contributed by atoms with Gasteiger partial charge in [0, 0.05) is 11.8 Å². The SMILES string of the molecule is C=CCN1C(=O)C(SC(C)C)=C(c2ccc(OCC(C)C)cc2)C1=O. The Hall–Kier alpha value is -2.01. The maximum Gasteiger partial charge on any atom is 0.268 e. The number of amides is 2. The van der Waals surface area contributed by atoms with E-state index in [9.17, 15) is 9.59 Å². The Kier molecular flexibility index (Phi) is 6.48. The van der Waals surface area contributed by atoms with E-state index in [2.05, 4.69) is 20.4 Å². The maximum atomic E-state index is 12.8. The second-order valence-electron chi connectivity index (χ2n) is 6.61. The monoisotopic (exact) mass is 359 g/mol. The fraction of sp³-hybridized carbons (Fsp3) is 0.400. The van der Waals surface area contributed by atoms with Gasteiger partial charge in [-0.25, -0.2) is 0 Å². The van der Waals surface area contributed by atoms with Crippen LogP contribution in [0.15, 0.2) is 41.8 Å². The smallest absolute Gasteiger partial charge is 0.268 e. The van der Waals surface area contributed by atoms with Gasteiger partial charge in [0.2, 0.25) is 0 Å². The Balaban J connectivity index is 2.34. The van der Waals surface area contributed by atoms with Crippen LogP contribution in [-0.2, 0) is 9.59 Å². The topological polar surface area (TPSA) is 46.6 Å². The van der Waals surface area contributed by atoms with Gasteiger partial charge in [0.05, 0.1) is 17.1 Å². The highest BCUT2D eigenvalue weighted by molar-refractivity contribution is 8.04. The molecule has 0 atom stereocenters. The first-order chi connectivity index (χ1) is 11.8. The van der Waals surface area contributed by atoms with Gasteiger partial charge in [0.15, 0.2) is 0 Å². The van der Waals surface area contributed by atoms with E-state index in [1.807, 2.05) is 38.1 Å². The zero-order chi connectivity index (χ0) is 18.6. The van der Waals surface area contributed by atoms with Crippen LogP contribution in [0.1, 0.15) is 33.3 Å². The first-order valence-electron chi connectivity index (χ1n) is 8.46. The van der Waals surface area contributed by atoms with E-state index in [0.29, 0.717) is 23.0 Å². The molecule has 1 aliphatic heterocycles. The number of benzene rings is 1. The number of nitrogens with zero attached hydrogens (tertiary/aromatic N) is 1. The molecule has 0 saturated heterocycles. The second-order valence-corrected chi connectivity index (χ2v) is 8.20. The molecule has 0 spiro atoms. The van der Waals surface area contributed by atoms with Crippen molar-refractivity contribution in [3.8, 4) is 5.75 Å². The number of carbonyl (C=O) groups is 2. The highest BCUT2D eigenvalue weighted by atomic mass is 32.2. The van der Waals surface area contributed by atoms with Crippen molar-refractivity contribution in [3.63, 3.8) is 0 Å². The van der Waals surface area contributed by atoms with Gasteiger partial charge in [-0.3, -0.25) is 14.5 Å². The van der Waals surface area contributed by atoms with E-state index < -0.39 is 0 Å². The van der Waals surface area contributed by atoms with Gasteiger partial charge in [0.1, 0.15) is 5.75 Å². The van der Waals surface area contributed by atoms with Gasteiger partial charge < -0.3 is 4.74 Å². The Bertz CT molecular complexity index is 689. The molecule has 0 unspecified atom stereocenters. The molecule has 134 valence electrons. The van der Waals surface area contributed by atoms with E-state index in [0.717, 1.165) is 11.3 Å². The largest absolute Gasteiger partial charge is 0.493 e. The van der Waals surface area contributed by atoms with Crippen LogP contribution in [-0.4, -0.2) is 35.1 Å². The summed E-state index contributed by atoms with van der Waals surface area (Å²) in [6.07, 6.45) is 1.57. The van der Waals surface area contributed by atoms with Crippen LogP contribution < -0.4 is 4.74 Å². The standard InChI is InChI=1S/C20H25NO3S/c1-6-11-21-19(22)17(18(20(21)23)25-14(4)5)15-7-9-16(10-8-15)24-12-13(2)3/h6-10,13-14H,1,11-12H2,2-5H3. The van der Waals surface area contributed by atoms with E-state index >= 15 is 0 Å². The van der Waals surface area contributed by atoms with Crippen LogP contribution in [0.4, 0.5) is 0 Å². The summed E-state index contributed by atoms with van der Waals surface area (Å²) in [5, 5.41) is 0.207. The van der Waals surface area contributed by atoms with Gasteiger partial charge in [-0.05, 0) is 23.6 Å². The fourth-order valence-corrected chi connectivity index (χ4v) is 3.43. The zero-order valence-electron chi connectivity index (χ0n) is 15.2. The van der Waals surface area contributed by atoms with Crippen molar-refractivity contribution < 1.29 is 14.3 Å². The molecule has 25 heavy (non-hydrogen) atoms. The molecule has 4 nitrogen and oxygen atoms in total. The average Bonchev–Trinajstić information content (AvgIpc) is 2.78. The van der Waals surface area contributed by atoms with Crippen molar-refractivity contribution in [1.29, 1.82) is 0 Å². The molecule has 0 saturated carbocycles. The number of hydrogen-bond donors (Lipinski definition) is 0. The number of rotatable bonds is 8. The van der Waals surface area contributed by atoms with Crippen LogP contribution in [0.2, 0.25) is 0 Å². The van der Waals surface area contributed by atoms with Crippen molar-refractivity contribution in [3.05, 3.63) is 47.4 Å². The van der Waals surface area contributed by atoms with Crippen LogP contribution in [0.25, 0.3) is 5.57 Å². The Morgan fingerprint density at radius 3 is 2.28 bits per heavy atom. The van der Waals surface area contributed by atoms with Crippen LogP contribution in [0, 0.1) is 5.92 Å². The number of hydrogen-bond acceptors (Lipinski definition) is 4. The summed E-state index contributed by atoms with van der Waals surface area (Å²) in [6, 6.07) is 7.37. The molecule has 1 aromatic carbocycles. The van der Waals surface area contributed by atoms with Gasteiger partial charge in [0.25, 0.3) is 11.8 Å². The minimum absolute atomic E-state index is 0.207. The van der Waals surface area contributed by atoms with Crippen LogP contribution in [0.5, 0.6) is 5.75 Å². The van der Waals surface area contributed by atoms with E-state index in [1.165, 1.54) is 16.7 Å². The van der Waals surface area contributed by atoms with Crippen molar-refractivity contribution in [2.45, 2.75) is 32.9 Å². The third kappa shape index (κ3) is 4.54. The van der Waals surface area contributed by atoms with Crippen molar-refractivity contribution in [1.82, 2.24) is 4.90 Å². The molecular formula is C20H25NO3S. The molecule has 1 heterocycles. The van der Waals surface area contributed by atoms with E-state index in [4.69, 9.17) is 4.74 Å². The zero-order valence-corrected chi connectivity index (χ0v) is 16.1. The highest BCUT2D eigenvalue weighted by Crippen LogP contribution is 2.38. The minimum Gasteiger partial charge on any atom is -0.493 e. The van der Waals surface area contributed by atoms with Crippen molar-refractivity contribution >= 4 is 29.1 Å². The quantitative estimate of drug-likeness (QED) is 0.517. The van der Waals surface area contributed by atoms with Gasteiger partial charge in [-0.2, -0.15) is 0 Å². The fourth-order valence-electron chi connectivity index (χ4n) is 2.43. The molecule has 2 rings (SSSR count). The Labute approximate surface area is 153 Å². The van der Waals surface area contributed by atoms with Crippen LogP contribution in [0.3, 0.4) is 0 Å². The average molecular weight is 359 g/mol. The van der Waals surface area contributed by atoms with Gasteiger partial charge in [-0.1, -0.05) is 45.9 Å². The van der Waals surface area contributed by atoms with Crippen molar-refractivity contribution in [2.24, 2.45) is 5.92 Å². The lowest BCUT2D eigenvalue weighted by Crippen LogP contribution is -2.31. The normalized spacial score (nSPS) is 14.9. The molecule has 1 aliphatic rings. The molecule has 2 amide bonds. The highest BCUT2D eigenvalue weighted by Gasteiger charge is 2.38. The number of imide groups is 1. The lowest BCUT2D eigenvalue weighted by atomic mass is 10.1. The van der Waals surface area contributed by atoms with E-state index in [-0.39, 0.29) is 23.6 Å². The third-order valence-electron chi connectivity index (χ3n) is 3.52. The molecule has 0 N–H and O–H groups in total. The molecule has 0 radical (unpaired) electrons. The molecular weight excluding hydrogens is 334 g/mol. The number of ether oxygens (including phenoxy) is 1. The predicted octanol–water partition coefficient (Wildman–Crippen LogP) is 4.13. The predicted molar refractivity (Wildman–Crippen MR) is 103 cm³/mol. The first-order valence-corrected chi connectivity index (χ1v) is 9.34. The summed E-state index contributed by atoms with van der Waals surface area (Å²) in [5.74, 6) is 0.705. The summed E-state index contributed by atoms with van der Waals surface area (Å²) in [4.78, 5) is 27.1. The van der Waals surface area contributed by atoms with Gasteiger partial charge in [-0.15, -0.1) is 18.3 Å². The first kappa shape index (κ1) is 19.3. The number of thioether (sulfide) groups is 1. The summed E-state index contributed by atoms with van der Waals surface area (Å²) in [7, 11) is 0. The molecule has 1 aromatic rings. The number of carbonyl (C=O) groups excluding carboxylic acids is 2. The summed E-state index contributed by atoms with van der Waals surface area (Å²) < 4.78 is 5.69.